The van der Waals surface area contributed by atoms with Crippen LogP contribution in [0.3, 0.4) is 0 Å². The van der Waals surface area contributed by atoms with Gasteiger partial charge in [0.2, 0.25) is 0 Å². The summed E-state index contributed by atoms with van der Waals surface area (Å²) in [5.74, 6) is -1.16. The van der Waals surface area contributed by atoms with E-state index in [0.29, 0.717) is 0 Å². The van der Waals surface area contributed by atoms with E-state index in [9.17, 15) is 4.79 Å². The van der Waals surface area contributed by atoms with Gasteiger partial charge in [0, 0.05) is 13.0 Å². The Bertz CT molecular complexity index is 437. The maximum Gasteiger partial charge on any atom is 0.314 e. The molecule has 2 unspecified atom stereocenters. The molecule has 1 fully saturated rings. The van der Waals surface area contributed by atoms with Crippen LogP contribution in [-0.4, -0.2) is 36.7 Å². The fraction of sp³-hybridized carbons (Fsp3) is 0.500. The maximum atomic E-state index is 11.9. The van der Waals surface area contributed by atoms with Gasteiger partial charge < -0.3 is 15.2 Å². The van der Waals surface area contributed by atoms with E-state index < -0.39 is 5.97 Å². The molecular formula is C16H23NO4. The second-order valence-electron chi connectivity index (χ2n) is 4.99. The molecule has 21 heavy (non-hydrogen) atoms. The molecule has 2 atom stereocenters. The zero-order valence-electron chi connectivity index (χ0n) is 12.5. The third-order valence-electron chi connectivity index (χ3n) is 3.36. The van der Waals surface area contributed by atoms with Crippen molar-refractivity contribution in [2.75, 3.05) is 13.7 Å². The van der Waals surface area contributed by atoms with Gasteiger partial charge in [-0.3, -0.25) is 9.59 Å². The zero-order chi connectivity index (χ0) is 15.7. The van der Waals surface area contributed by atoms with E-state index in [-0.39, 0.29) is 17.9 Å². The third kappa shape index (κ3) is 5.95. The fourth-order valence-corrected chi connectivity index (χ4v) is 2.48. The van der Waals surface area contributed by atoms with Gasteiger partial charge in [0.25, 0.3) is 5.97 Å². The number of methoxy groups -OCH3 is 1. The second kappa shape index (κ2) is 9.13. The number of piperidine rings is 1. The highest BCUT2D eigenvalue weighted by atomic mass is 16.5. The van der Waals surface area contributed by atoms with Crippen molar-refractivity contribution >= 4 is 11.9 Å². The summed E-state index contributed by atoms with van der Waals surface area (Å²) < 4.78 is 4.94. The number of ether oxygens (including phenoxy) is 1. The number of aliphatic carboxylic acids is 1. The number of benzene rings is 1. The second-order valence-corrected chi connectivity index (χ2v) is 4.99. The highest BCUT2D eigenvalue weighted by molar-refractivity contribution is 5.79. The molecule has 116 valence electrons. The van der Waals surface area contributed by atoms with Crippen molar-refractivity contribution in [1.82, 2.24) is 5.32 Å². The molecule has 5 nitrogen and oxygen atoms in total. The number of carbonyl (C=O) groups excluding carboxylic acids is 1. The van der Waals surface area contributed by atoms with Gasteiger partial charge in [0.15, 0.2) is 0 Å². The summed E-state index contributed by atoms with van der Waals surface area (Å²) in [7, 11) is 1.46. The summed E-state index contributed by atoms with van der Waals surface area (Å²) >= 11 is 0. The predicted molar refractivity (Wildman–Crippen MR) is 80.2 cm³/mol. The number of hydrogen-bond donors (Lipinski definition) is 2. The van der Waals surface area contributed by atoms with Crippen LogP contribution >= 0.6 is 0 Å². The van der Waals surface area contributed by atoms with E-state index >= 15 is 0 Å². The van der Waals surface area contributed by atoms with Crippen molar-refractivity contribution in [3.63, 3.8) is 0 Å². The first-order valence-electron chi connectivity index (χ1n) is 7.12. The standard InChI is InChI=1S/C14H19NO2.C2H4O2/c1-17-14(16)13(11-7-3-2-4-8-11)12-9-5-6-10-15-12;1-2(3)4/h2-4,7-8,12-13,15H,5-6,9-10H2,1H3;1H3,(H,3,4). The van der Waals surface area contributed by atoms with Gasteiger partial charge in [0.1, 0.15) is 0 Å². The molecule has 2 rings (SSSR count). The van der Waals surface area contributed by atoms with Crippen LogP contribution in [0.25, 0.3) is 0 Å². The van der Waals surface area contributed by atoms with Gasteiger partial charge in [0.05, 0.1) is 13.0 Å². The average Bonchev–Trinajstić information content (AvgIpc) is 2.49. The average molecular weight is 293 g/mol. The highest BCUT2D eigenvalue weighted by Gasteiger charge is 2.31. The van der Waals surface area contributed by atoms with Crippen molar-refractivity contribution in [2.24, 2.45) is 0 Å². The minimum atomic E-state index is -0.833. The number of nitrogens with one attached hydrogen (secondary N) is 1. The number of carboxylic acids is 1. The molecule has 0 spiro atoms. The molecule has 0 aromatic heterocycles. The number of rotatable bonds is 3. The SMILES string of the molecule is CC(=O)O.COC(=O)C(c1ccccc1)C1CCCCN1. The maximum absolute atomic E-state index is 11.9. The van der Waals surface area contributed by atoms with Gasteiger partial charge in [-0.15, -0.1) is 0 Å². The molecule has 0 saturated carbocycles. The number of carboxylic acid groups (broad SMARTS) is 1. The first kappa shape index (κ1) is 17.2. The van der Waals surface area contributed by atoms with E-state index in [0.717, 1.165) is 25.5 Å². The Labute approximate surface area is 125 Å². The van der Waals surface area contributed by atoms with Crippen LogP contribution in [0.15, 0.2) is 30.3 Å². The Kier molecular flexibility index (Phi) is 7.46. The van der Waals surface area contributed by atoms with Crippen molar-refractivity contribution in [3.8, 4) is 0 Å². The van der Waals surface area contributed by atoms with E-state index in [1.165, 1.54) is 20.0 Å². The number of hydrogen-bond acceptors (Lipinski definition) is 4. The third-order valence-corrected chi connectivity index (χ3v) is 3.36. The molecule has 1 aliphatic heterocycles. The topological polar surface area (TPSA) is 75.6 Å². The summed E-state index contributed by atoms with van der Waals surface area (Å²) in [5.41, 5.74) is 1.04. The minimum Gasteiger partial charge on any atom is -0.481 e. The van der Waals surface area contributed by atoms with Gasteiger partial charge >= 0.3 is 5.97 Å². The van der Waals surface area contributed by atoms with Crippen LogP contribution in [0, 0.1) is 0 Å². The van der Waals surface area contributed by atoms with Gasteiger partial charge in [-0.1, -0.05) is 36.8 Å². The largest absolute Gasteiger partial charge is 0.481 e. The molecule has 5 heteroatoms. The molecule has 0 aliphatic carbocycles. The normalized spacial score (nSPS) is 18.9. The Morgan fingerprint density at radius 1 is 1.29 bits per heavy atom. The Morgan fingerprint density at radius 3 is 2.38 bits per heavy atom. The summed E-state index contributed by atoms with van der Waals surface area (Å²) in [6.07, 6.45) is 3.41. The molecule has 0 radical (unpaired) electrons. The van der Waals surface area contributed by atoms with Crippen LogP contribution in [0.2, 0.25) is 0 Å². The molecule has 1 aliphatic rings. The molecule has 0 bridgehead atoms. The van der Waals surface area contributed by atoms with Crippen LogP contribution in [0.5, 0.6) is 0 Å². The van der Waals surface area contributed by atoms with E-state index in [1.54, 1.807) is 0 Å². The zero-order valence-corrected chi connectivity index (χ0v) is 12.5. The number of carbonyl (C=O) groups is 2. The molecular weight excluding hydrogens is 270 g/mol. The van der Waals surface area contributed by atoms with Crippen molar-refractivity contribution < 1.29 is 19.4 Å². The van der Waals surface area contributed by atoms with Crippen molar-refractivity contribution in [3.05, 3.63) is 35.9 Å². The first-order chi connectivity index (χ1) is 10.1. The van der Waals surface area contributed by atoms with Crippen LogP contribution < -0.4 is 5.32 Å². The Balaban J connectivity index is 0.000000491. The predicted octanol–water partition coefficient (Wildman–Crippen LogP) is 2.18. The molecule has 2 N–H and O–H groups in total. The molecule has 1 aromatic carbocycles. The van der Waals surface area contributed by atoms with Crippen LogP contribution in [0.4, 0.5) is 0 Å². The quantitative estimate of drug-likeness (QED) is 0.835. The van der Waals surface area contributed by atoms with Gasteiger partial charge in [-0.05, 0) is 24.9 Å². The fourth-order valence-electron chi connectivity index (χ4n) is 2.48. The first-order valence-corrected chi connectivity index (χ1v) is 7.12. The summed E-state index contributed by atoms with van der Waals surface area (Å²) in [4.78, 5) is 20.9. The van der Waals surface area contributed by atoms with E-state index in [2.05, 4.69) is 5.32 Å². The lowest BCUT2D eigenvalue weighted by Crippen LogP contribution is -2.42. The summed E-state index contributed by atoms with van der Waals surface area (Å²) in [6, 6.07) is 10.1. The van der Waals surface area contributed by atoms with Crippen molar-refractivity contribution in [1.29, 1.82) is 0 Å². The van der Waals surface area contributed by atoms with Crippen molar-refractivity contribution in [2.45, 2.75) is 38.1 Å². The molecule has 0 amide bonds. The lowest BCUT2D eigenvalue weighted by atomic mass is 9.86. The Morgan fingerprint density at radius 2 is 1.90 bits per heavy atom. The summed E-state index contributed by atoms with van der Waals surface area (Å²) in [5, 5.41) is 10.8. The molecule has 1 aromatic rings. The van der Waals surface area contributed by atoms with Gasteiger partial charge in [-0.2, -0.15) is 0 Å². The smallest absolute Gasteiger partial charge is 0.314 e. The van der Waals surface area contributed by atoms with Crippen LogP contribution in [0.1, 0.15) is 37.7 Å². The van der Waals surface area contributed by atoms with Crippen LogP contribution in [-0.2, 0) is 14.3 Å². The lowest BCUT2D eigenvalue weighted by molar-refractivity contribution is -0.143. The lowest BCUT2D eigenvalue weighted by Gasteiger charge is -2.29. The minimum absolute atomic E-state index is 0.143. The highest BCUT2D eigenvalue weighted by Crippen LogP contribution is 2.26. The number of esters is 1. The van der Waals surface area contributed by atoms with E-state index in [1.807, 2.05) is 30.3 Å². The molecule has 1 saturated heterocycles. The monoisotopic (exact) mass is 293 g/mol. The Hall–Kier alpha value is -1.88. The van der Waals surface area contributed by atoms with E-state index in [4.69, 9.17) is 14.6 Å². The molecule has 1 heterocycles. The summed E-state index contributed by atoms with van der Waals surface area (Å²) in [6.45, 7) is 2.07. The van der Waals surface area contributed by atoms with Gasteiger partial charge in [-0.25, -0.2) is 0 Å².